The van der Waals surface area contributed by atoms with Crippen LogP contribution in [0, 0.1) is 0 Å². The van der Waals surface area contributed by atoms with Gasteiger partial charge in [-0.3, -0.25) is 4.79 Å². The van der Waals surface area contributed by atoms with Gasteiger partial charge in [-0.15, -0.1) is 0 Å². The first-order valence-electron chi connectivity index (χ1n) is 5.72. The molecule has 0 aliphatic heterocycles. The molecule has 1 rings (SSSR count). The number of allylic oxidation sites excluding steroid dienone is 2. The molecule has 0 radical (unpaired) electrons. The molecule has 0 spiro atoms. The fourth-order valence-corrected chi connectivity index (χ4v) is 2.26. The highest BCUT2D eigenvalue weighted by molar-refractivity contribution is 8.07. The summed E-state index contributed by atoms with van der Waals surface area (Å²) in [5.74, 6) is -1.03. The van der Waals surface area contributed by atoms with E-state index in [-0.39, 0.29) is 10.7 Å². The van der Waals surface area contributed by atoms with E-state index in [9.17, 15) is 14.7 Å². The van der Waals surface area contributed by atoms with Crippen molar-refractivity contribution in [2.24, 2.45) is 0 Å². The van der Waals surface area contributed by atoms with Crippen molar-refractivity contribution in [2.75, 3.05) is 0 Å². The Morgan fingerprint density at radius 1 is 1.16 bits per heavy atom. The number of carboxylic acids is 1. The van der Waals surface area contributed by atoms with E-state index >= 15 is 0 Å². The fraction of sp³-hybridized carbons (Fsp3) is 0.200. The topological polar surface area (TPSA) is 54.4 Å². The third-order valence-electron chi connectivity index (χ3n) is 2.51. The van der Waals surface area contributed by atoms with Gasteiger partial charge in [-0.25, -0.2) is 4.79 Å². The average Bonchev–Trinajstić information content (AvgIpc) is 2.34. The zero-order valence-corrected chi connectivity index (χ0v) is 12.0. The Morgan fingerprint density at radius 2 is 1.74 bits per heavy atom. The molecule has 0 saturated heterocycles. The predicted octanol–water partition coefficient (Wildman–Crippen LogP) is 3.97. The van der Waals surface area contributed by atoms with Gasteiger partial charge >= 0.3 is 5.97 Å². The maximum absolute atomic E-state index is 11.3. The summed E-state index contributed by atoms with van der Waals surface area (Å²) in [7, 11) is 0. The van der Waals surface area contributed by atoms with Gasteiger partial charge in [0.25, 0.3) is 0 Å². The van der Waals surface area contributed by atoms with Gasteiger partial charge in [0.15, 0.2) is 5.78 Å². The number of rotatable bonds is 5. The quantitative estimate of drug-likeness (QED) is 0.653. The third-order valence-corrected chi connectivity index (χ3v) is 3.55. The Hall–Kier alpha value is -1.81. The van der Waals surface area contributed by atoms with E-state index in [2.05, 4.69) is 6.58 Å². The van der Waals surface area contributed by atoms with Crippen LogP contribution in [0.5, 0.6) is 0 Å². The predicted molar refractivity (Wildman–Crippen MR) is 79.1 cm³/mol. The summed E-state index contributed by atoms with van der Waals surface area (Å²) in [5, 5.41) is 9.25. The Bertz CT molecular complexity index is 571. The van der Waals surface area contributed by atoms with Crippen molar-refractivity contribution < 1.29 is 14.7 Å². The number of aliphatic carboxylic acids is 1. The third kappa shape index (κ3) is 4.10. The van der Waals surface area contributed by atoms with Gasteiger partial charge in [0.2, 0.25) is 0 Å². The van der Waals surface area contributed by atoms with Crippen LogP contribution in [-0.4, -0.2) is 16.9 Å². The monoisotopic (exact) mass is 276 g/mol. The molecule has 1 aromatic carbocycles. The zero-order chi connectivity index (χ0) is 14.6. The Kier molecular flexibility index (Phi) is 5.12. The number of thioether (sulfide) groups is 1. The molecule has 0 fully saturated rings. The van der Waals surface area contributed by atoms with Crippen molar-refractivity contribution >= 4 is 29.1 Å². The summed E-state index contributed by atoms with van der Waals surface area (Å²) < 4.78 is 0. The highest BCUT2D eigenvalue weighted by atomic mass is 32.2. The molecule has 0 aliphatic rings. The van der Waals surface area contributed by atoms with Gasteiger partial charge in [-0.2, -0.15) is 0 Å². The van der Waals surface area contributed by atoms with Crippen LogP contribution in [0.4, 0.5) is 0 Å². The molecule has 0 atom stereocenters. The number of ketones is 1. The second kappa shape index (κ2) is 6.38. The van der Waals surface area contributed by atoms with E-state index in [1.807, 2.05) is 0 Å². The van der Waals surface area contributed by atoms with Crippen molar-refractivity contribution in [3.63, 3.8) is 0 Å². The largest absolute Gasteiger partial charge is 0.477 e. The second-order valence-corrected chi connectivity index (χ2v) is 5.51. The molecule has 4 heteroatoms. The standard InChI is InChI=1S/C15H16O3S/c1-9(2)19-14(15(17)18)10(3)12-6-5-7-13(8-12)11(4)16/h5-8H,1H2,2-4H3,(H,17,18)/b14-10+. The molecule has 0 aliphatic carbocycles. The first-order chi connectivity index (χ1) is 8.82. The van der Waals surface area contributed by atoms with Crippen LogP contribution in [0.25, 0.3) is 5.57 Å². The lowest BCUT2D eigenvalue weighted by atomic mass is 10.0. The minimum absolute atomic E-state index is 0.0425. The van der Waals surface area contributed by atoms with Crippen LogP contribution in [0.1, 0.15) is 36.7 Å². The number of carbonyl (C=O) groups is 2. The van der Waals surface area contributed by atoms with E-state index in [4.69, 9.17) is 0 Å². The molecule has 100 valence electrons. The molecule has 0 bridgehead atoms. The molecule has 1 N–H and O–H groups in total. The molecule has 0 heterocycles. The summed E-state index contributed by atoms with van der Waals surface area (Å²) in [6.07, 6.45) is 0. The van der Waals surface area contributed by atoms with E-state index in [1.165, 1.54) is 6.92 Å². The lowest BCUT2D eigenvalue weighted by Gasteiger charge is -2.09. The molecule has 0 unspecified atom stereocenters. The second-order valence-electron chi connectivity index (χ2n) is 4.20. The highest BCUT2D eigenvalue weighted by Crippen LogP contribution is 2.31. The van der Waals surface area contributed by atoms with Gasteiger partial charge in [0.1, 0.15) is 4.91 Å². The summed E-state index contributed by atoms with van der Waals surface area (Å²) in [4.78, 5) is 23.6. The lowest BCUT2D eigenvalue weighted by Crippen LogP contribution is -2.01. The first kappa shape index (κ1) is 15.2. The normalized spacial score (nSPS) is 11.7. The number of benzene rings is 1. The molecule has 19 heavy (non-hydrogen) atoms. The van der Waals surface area contributed by atoms with Crippen LogP contribution in [0.15, 0.2) is 40.7 Å². The molecule has 0 saturated carbocycles. The average molecular weight is 276 g/mol. The summed E-state index contributed by atoms with van der Waals surface area (Å²) in [5.41, 5.74) is 1.93. The van der Waals surface area contributed by atoms with Crippen molar-refractivity contribution in [3.05, 3.63) is 51.8 Å². The van der Waals surface area contributed by atoms with Crippen molar-refractivity contribution in [1.82, 2.24) is 0 Å². The molecular weight excluding hydrogens is 260 g/mol. The number of Topliss-reactive ketones (excluding diaryl/α,β-unsaturated/α-hetero) is 1. The van der Waals surface area contributed by atoms with Gasteiger partial charge in [-0.05, 0) is 42.9 Å². The smallest absolute Gasteiger partial charge is 0.342 e. The number of hydrogen-bond donors (Lipinski definition) is 1. The molecule has 1 aromatic rings. The number of carboxylic acid groups (broad SMARTS) is 1. The Labute approximate surface area is 117 Å². The van der Waals surface area contributed by atoms with E-state index in [0.717, 1.165) is 17.3 Å². The van der Waals surface area contributed by atoms with Crippen LogP contribution in [0.3, 0.4) is 0 Å². The van der Waals surface area contributed by atoms with Crippen molar-refractivity contribution in [3.8, 4) is 0 Å². The zero-order valence-electron chi connectivity index (χ0n) is 11.2. The van der Waals surface area contributed by atoms with Gasteiger partial charge in [0, 0.05) is 5.56 Å². The van der Waals surface area contributed by atoms with Crippen molar-refractivity contribution in [2.45, 2.75) is 20.8 Å². The Balaban J connectivity index is 3.31. The van der Waals surface area contributed by atoms with Gasteiger partial charge in [0.05, 0.1) is 0 Å². The molecule has 3 nitrogen and oxygen atoms in total. The highest BCUT2D eigenvalue weighted by Gasteiger charge is 2.14. The van der Waals surface area contributed by atoms with Crippen LogP contribution >= 0.6 is 11.8 Å². The molecule has 0 amide bonds. The van der Waals surface area contributed by atoms with Crippen molar-refractivity contribution in [1.29, 1.82) is 0 Å². The molecule has 0 aromatic heterocycles. The van der Waals surface area contributed by atoms with Crippen LogP contribution in [0.2, 0.25) is 0 Å². The SMILES string of the molecule is C=C(C)S/C(C(=O)O)=C(\C)c1cccc(C(C)=O)c1. The van der Waals surface area contributed by atoms with Gasteiger partial charge < -0.3 is 5.11 Å². The van der Waals surface area contributed by atoms with Crippen LogP contribution < -0.4 is 0 Å². The first-order valence-corrected chi connectivity index (χ1v) is 6.53. The maximum atomic E-state index is 11.3. The minimum atomic E-state index is -0.987. The maximum Gasteiger partial charge on any atom is 0.342 e. The summed E-state index contributed by atoms with van der Waals surface area (Å²) in [6, 6.07) is 6.97. The van der Waals surface area contributed by atoms with E-state index in [1.54, 1.807) is 38.1 Å². The van der Waals surface area contributed by atoms with Crippen LogP contribution in [-0.2, 0) is 4.79 Å². The van der Waals surface area contributed by atoms with Gasteiger partial charge in [-0.1, -0.05) is 36.5 Å². The minimum Gasteiger partial charge on any atom is -0.477 e. The summed E-state index contributed by atoms with van der Waals surface area (Å²) >= 11 is 1.13. The van der Waals surface area contributed by atoms with E-state index < -0.39 is 5.97 Å². The lowest BCUT2D eigenvalue weighted by molar-refractivity contribution is -0.131. The number of hydrogen-bond acceptors (Lipinski definition) is 3. The fourth-order valence-electron chi connectivity index (χ4n) is 1.56. The number of carbonyl (C=O) groups excluding carboxylic acids is 1. The molecular formula is C15H16O3S. The Morgan fingerprint density at radius 3 is 2.21 bits per heavy atom. The summed E-state index contributed by atoms with van der Waals surface area (Å²) in [6.45, 7) is 8.69. The van der Waals surface area contributed by atoms with E-state index in [0.29, 0.717) is 16.0 Å².